The molecule has 5 nitrogen and oxygen atoms in total. The van der Waals surface area contributed by atoms with Gasteiger partial charge in [-0.05, 0) is 26.2 Å². The summed E-state index contributed by atoms with van der Waals surface area (Å²) in [6, 6.07) is 0. The zero-order valence-electron chi connectivity index (χ0n) is 10.4. The van der Waals surface area contributed by atoms with Gasteiger partial charge in [-0.2, -0.15) is 0 Å². The normalized spacial score (nSPS) is 10.1. The summed E-state index contributed by atoms with van der Waals surface area (Å²) in [7, 11) is 0. The molecule has 0 aliphatic heterocycles. The van der Waals surface area contributed by atoms with E-state index in [0.29, 0.717) is 6.42 Å². The Kier molecular flexibility index (Phi) is 6.99. The Hall–Kier alpha value is -1.54. The number of unbranched alkanes of at least 4 members (excludes halogenated alkanes) is 1. The van der Waals surface area contributed by atoms with Crippen molar-refractivity contribution in [1.82, 2.24) is 0 Å². The first-order chi connectivity index (χ1) is 8.02. The van der Waals surface area contributed by atoms with Gasteiger partial charge in [0.15, 0.2) is 0 Å². The van der Waals surface area contributed by atoms with Crippen LogP contribution >= 0.6 is 0 Å². The van der Waals surface area contributed by atoms with E-state index in [2.05, 4.69) is 21.3 Å². The molecule has 0 spiro atoms. The number of hydrogen-bond donors (Lipinski definition) is 1. The molecule has 0 aliphatic carbocycles. The minimum atomic E-state index is -2.51. The molecule has 0 rings (SSSR count). The number of rotatable bonds is 5. The van der Waals surface area contributed by atoms with Crippen LogP contribution in [0.25, 0.3) is 0 Å². The standard InChI is InChI=1S/C12H18O5/c1-4-7-8-9-12(15,10(13)16-5-2)11(14)17-6-3/h15H,4-7H2,1-3H3. The molecule has 0 radical (unpaired) electrons. The van der Waals surface area contributed by atoms with Crippen molar-refractivity contribution >= 4 is 11.9 Å². The van der Waals surface area contributed by atoms with Crippen molar-refractivity contribution in [3.05, 3.63) is 0 Å². The Bertz CT molecular complexity index is 306. The Morgan fingerprint density at radius 2 is 1.59 bits per heavy atom. The lowest BCUT2D eigenvalue weighted by Gasteiger charge is -2.17. The van der Waals surface area contributed by atoms with Gasteiger partial charge in [0.25, 0.3) is 0 Å². The number of esters is 2. The molecule has 0 saturated heterocycles. The van der Waals surface area contributed by atoms with Crippen LogP contribution < -0.4 is 0 Å². The van der Waals surface area contributed by atoms with Gasteiger partial charge in [-0.1, -0.05) is 12.8 Å². The molecule has 1 N–H and O–H groups in total. The summed E-state index contributed by atoms with van der Waals surface area (Å²) in [4.78, 5) is 23.0. The van der Waals surface area contributed by atoms with Crippen LogP contribution in [0.5, 0.6) is 0 Å². The summed E-state index contributed by atoms with van der Waals surface area (Å²) in [5, 5.41) is 9.91. The van der Waals surface area contributed by atoms with Gasteiger partial charge in [-0.3, -0.25) is 0 Å². The van der Waals surface area contributed by atoms with E-state index in [4.69, 9.17) is 0 Å². The largest absolute Gasteiger partial charge is 0.463 e. The first-order valence-electron chi connectivity index (χ1n) is 5.59. The highest BCUT2D eigenvalue weighted by Crippen LogP contribution is 2.09. The van der Waals surface area contributed by atoms with Crippen molar-refractivity contribution in [3.8, 4) is 11.8 Å². The maximum absolute atomic E-state index is 11.5. The third kappa shape index (κ3) is 4.45. The fourth-order valence-corrected chi connectivity index (χ4v) is 0.972. The fraction of sp³-hybridized carbons (Fsp3) is 0.667. The smallest absolute Gasteiger partial charge is 0.363 e. The summed E-state index contributed by atoms with van der Waals surface area (Å²) in [5.41, 5.74) is -2.51. The van der Waals surface area contributed by atoms with Crippen molar-refractivity contribution in [2.45, 2.75) is 39.2 Å². The Morgan fingerprint density at radius 3 is 1.94 bits per heavy atom. The van der Waals surface area contributed by atoms with Crippen molar-refractivity contribution < 1.29 is 24.2 Å². The molecule has 0 fully saturated rings. The van der Waals surface area contributed by atoms with Crippen LogP contribution in [0.1, 0.15) is 33.6 Å². The number of carbonyl (C=O) groups is 2. The zero-order chi connectivity index (χ0) is 13.3. The first kappa shape index (κ1) is 15.5. The van der Waals surface area contributed by atoms with Crippen LogP contribution in [0.4, 0.5) is 0 Å². The Balaban J connectivity index is 5.01. The summed E-state index contributed by atoms with van der Waals surface area (Å²) >= 11 is 0. The molecule has 0 bridgehead atoms. The molecule has 96 valence electrons. The third-order valence-electron chi connectivity index (χ3n) is 1.79. The molecule has 0 aromatic carbocycles. The van der Waals surface area contributed by atoms with Crippen molar-refractivity contribution in [2.75, 3.05) is 13.2 Å². The molecule has 0 saturated carbocycles. The minimum absolute atomic E-state index is 0.0516. The van der Waals surface area contributed by atoms with Gasteiger partial charge in [0.05, 0.1) is 13.2 Å². The monoisotopic (exact) mass is 242 g/mol. The molecular formula is C12H18O5. The SMILES string of the molecule is CCCC#CC(O)(C(=O)OCC)C(=O)OCC. The Morgan fingerprint density at radius 1 is 1.12 bits per heavy atom. The average Bonchev–Trinajstić information content (AvgIpc) is 2.29. The second-order valence-electron chi connectivity index (χ2n) is 3.20. The molecule has 0 amide bonds. The summed E-state index contributed by atoms with van der Waals surface area (Å²) in [5.74, 6) is 2.58. The summed E-state index contributed by atoms with van der Waals surface area (Å²) in [6.45, 7) is 5.14. The topological polar surface area (TPSA) is 72.8 Å². The van der Waals surface area contributed by atoms with Gasteiger partial charge in [0, 0.05) is 6.42 Å². The summed E-state index contributed by atoms with van der Waals surface area (Å²) < 4.78 is 9.23. The van der Waals surface area contributed by atoms with Crippen LogP contribution in [0.2, 0.25) is 0 Å². The van der Waals surface area contributed by atoms with E-state index in [0.717, 1.165) is 6.42 Å². The maximum atomic E-state index is 11.5. The quantitative estimate of drug-likeness (QED) is 0.435. The number of ether oxygens (including phenoxy) is 2. The molecule has 0 aromatic heterocycles. The zero-order valence-corrected chi connectivity index (χ0v) is 10.4. The molecule has 5 heteroatoms. The van der Waals surface area contributed by atoms with Gasteiger partial charge in [-0.25, -0.2) is 9.59 Å². The number of aliphatic hydroxyl groups is 1. The molecule has 17 heavy (non-hydrogen) atoms. The van der Waals surface area contributed by atoms with E-state index in [1.165, 1.54) is 0 Å². The highest BCUT2D eigenvalue weighted by molar-refractivity contribution is 6.07. The second-order valence-corrected chi connectivity index (χ2v) is 3.20. The molecule has 0 aliphatic rings. The van der Waals surface area contributed by atoms with Crippen LogP contribution in [-0.4, -0.2) is 35.9 Å². The van der Waals surface area contributed by atoms with Crippen LogP contribution in [0, 0.1) is 11.8 Å². The van der Waals surface area contributed by atoms with E-state index >= 15 is 0 Å². The lowest BCUT2D eigenvalue weighted by Crippen LogP contribution is -2.47. The lowest BCUT2D eigenvalue weighted by atomic mass is 10.1. The fourth-order valence-electron chi connectivity index (χ4n) is 0.972. The highest BCUT2D eigenvalue weighted by Gasteiger charge is 2.46. The second kappa shape index (κ2) is 7.69. The van der Waals surface area contributed by atoms with E-state index in [1.54, 1.807) is 13.8 Å². The van der Waals surface area contributed by atoms with Gasteiger partial charge in [0.1, 0.15) is 0 Å². The molecule has 0 heterocycles. The number of hydrogen-bond acceptors (Lipinski definition) is 5. The molecular weight excluding hydrogens is 224 g/mol. The number of carbonyl (C=O) groups excluding carboxylic acids is 2. The predicted octanol–water partition coefficient (Wildman–Crippen LogP) is 0.647. The highest BCUT2D eigenvalue weighted by atomic mass is 16.6. The predicted molar refractivity (Wildman–Crippen MR) is 60.9 cm³/mol. The average molecular weight is 242 g/mol. The van der Waals surface area contributed by atoms with E-state index < -0.39 is 17.5 Å². The summed E-state index contributed by atoms with van der Waals surface area (Å²) in [6.07, 6.45) is 1.23. The van der Waals surface area contributed by atoms with Crippen molar-refractivity contribution in [1.29, 1.82) is 0 Å². The van der Waals surface area contributed by atoms with Gasteiger partial charge in [0.2, 0.25) is 0 Å². The van der Waals surface area contributed by atoms with Crippen molar-refractivity contribution in [3.63, 3.8) is 0 Å². The Labute approximate surface area is 101 Å². The van der Waals surface area contributed by atoms with Gasteiger partial charge >= 0.3 is 17.5 Å². The van der Waals surface area contributed by atoms with Crippen molar-refractivity contribution in [2.24, 2.45) is 0 Å². The van der Waals surface area contributed by atoms with E-state index in [-0.39, 0.29) is 13.2 Å². The third-order valence-corrected chi connectivity index (χ3v) is 1.79. The minimum Gasteiger partial charge on any atom is -0.463 e. The molecule has 0 aromatic rings. The lowest BCUT2D eigenvalue weighted by molar-refractivity contribution is -0.176. The van der Waals surface area contributed by atoms with Crippen LogP contribution in [0.3, 0.4) is 0 Å². The van der Waals surface area contributed by atoms with E-state index in [9.17, 15) is 14.7 Å². The maximum Gasteiger partial charge on any atom is 0.363 e. The molecule has 0 unspecified atom stereocenters. The van der Waals surface area contributed by atoms with Crippen LogP contribution in [-0.2, 0) is 19.1 Å². The first-order valence-corrected chi connectivity index (χ1v) is 5.59. The van der Waals surface area contributed by atoms with Gasteiger partial charge in [-0.15, -0.1) is 0 Å². The van der Waals surface area contributed by atoms with Gasteiger partial charge < -0.3 is 14.6 Å². The molecule has 0 atom stereocenters. The van der Waals surface area contributed by atoms with Crippen LogP contribution in [0.15, 0.2) is 0 Å². The van der Waals surface area contributed by atoms with E-state index in [1.807, 2.05) is 6.92 Å².